The molecule has 0 atom stereocenters. The van der Waals surface area contributed by atoms with Gasteiger partial charge in [-0.1, -0.05) is 80.4 Å². The van der Waals surface area contributed by atoms with Gasteiger partial charge >= 0.3 is 6.18 Å². The van der Waals surface area contributed by atoms with Gasteiger partial charge in [0, 0.05) is 27.1 Å². The minimum atomic E-state index is -4.30. The average Bonchev–Trinajstić information content (AvgIpc) is 3.30. The molecule has 1 heterocycles. The van der Waals surface area contributed by atoms with E-state index in [4.69, 9.17) is 16.4 Å². The molecule has 0 aliphatic rings. The summed E-state index contributed by atoms with van der Waals surface area (Å²) >= 11 is 6.31. The molecule has 0 fully saturated rings. The number of alkyl halides is 4. The van der Waals surface area contributed by atoms with E-state index in [9.17, 15) is 21.6 Å². The largest absolute Gasteiger partial charge is 0.468 e. The molecule has 3 aromatic carbocycles. The standard InChI is InChI=1S/C11H9ClO2S.C7H8BrN.C6H4BrF3O/c1-8-6-7-9-4-2-3-5-10(9)11(8)15(12,13)14;8-7-3-1-6(5-9)2-4-7;7-2-5-1-4(3-11-5)6(8,9)10/h2-7H,1H3;1-4H,5,9H2;1,3H,2H2. The maximum absolute atomic E-state index is 11.9. The summed E-state index contributed by atoms with van der Waals surface area (Å²) in [5, 5.41) is 1.85. The Kier molecular flexibility index (Phi) is 10.8. The Morgan fingerprint density at radius 3 is 2.14 bits per heavy atom. The van der Waals surface area contributed by atoms with Gasteiger partial charge in [-0.05, 0) is 41.6 Å². The highest BCUT2D eigenvalue weighted by molar-refractivity contribution is 9.10. The lowest BCUT2D eigenvalue weighted by Gasteiger charge is -2.06. The first kappa shape index (κ1) is 29.4. The van der Waals surface area contributed by atoms with Gasteiger partial charge in [-0.15, -0.1) is 0 Å². The van der Waals surface area contributed by atoms with Crippen LogP contribution < -0.4 is 5.73 Å². The first-order valence-electron chi connectivity index (χ1n) is 9.95. The SMILES string of the molecule is Cc1ccc2ccccc2c1S(=O)(=O)Cl.FC(F)(F)c1coc(CBr)c1.NCc1ccc(Br)cc1. The molecule has 0 radical (unpaired) electrons. The molecule has 0 saturated heterocycles. The first-order valence-corrected chi connectivity index (χ1v) is 14.2. The number of nitrogens with two attached hydrogens (primary N) is 1. The van der Waals surface area contributed by atoms with Gasteiger partial charge in [-0.3, -0.25) is 0 Å². The number of hydrogen-bond acceptors (Lipinski definition) is 4. The molecule has 0 bridgehead atoms. The van der Waals surface area contributed by atoms with Crippen molar-refractivity contribution in [3.63, 3.8) is 0 Å². The molecule has 0 aliphatic carbocycles. The van der Waals surface area contributed by atoms with E-state index < -0.39 is 20.8 Å². The van der Waals surface area contributed by atoms with Crippen molar-refractivity contribution >= 4 is 62.4 Å². The van der Waals surface area contributed by atoms with Gasteiger partial charge in [0.1, 0.15) is 12.0 Å². The molecule has 4 aromatic rings. The van der Waals surface area contributed by atoms with E-state index in [-0.39, 0.29) is 10.7 Å². The van der Waals surface area contributed by atoms with Crippen molar-refractivity contribution in [3.8, 4) is 0 Å². The minimum absolute atomic E-state index is 0.210. The van der Waals surface area contributed by atoms with Gasteiger partial charge in [-0.25, -0.2) is 8.42 Å². The van der Waals surface area contributed by atoms with E-state index in [0.717, 1.165) is 15.9 Å². The third-order valence-electron chi connectivity index (χ3n) is 4.58. The summed E-state index contributed by atoms with van der Waals surface area (Å²) in [7, 11) is 1.73. The van der Waals surface area contributed by atoms with Crippen LogP contribution in [-0.2, 0) is 27.1 Å². The molecular weight excluding hydrogens is 635 g/mol. The number of fused-ring (bicyclic) bond motifs is 1. The lowest BCUT2D eigenvalue weighted by atomic mass is 10.1. The van der Waals surface area contributed by atoms with Crippen LogP contribution in [0.3, 0.4) is 0 Å². The summed E-state index contributed by atoms with van der Waals surface area (Å²) in [4.78, 5) is 0.210. The van der Waals surface area contributed by atoms with E-state index in [1.165, 1.54) is 5.56 Å². The summed E-state index contributed by atoms with van der Waals surface area (Å²) in [5.74, 6) is 0.275. The van der Waals surface area contributed by atoms with Crippen LogP contribution in [0.25, 0.3) is 10.8 Å². The molecule has 1 aromatic heterocycles. The van der Waals surface area contributed by atoms with Crippen LogP contribution in [0.5, 0.6) is 0 Å². The molecule has 0 spiro atoms. The first-order chi connectivity index (χ1) is 16.4. The van der Waals surface area contributed by atoms with Gasteiger partial charge in [0.25, 0.3) is 9.05 Å². The van der Waals surface area contributed by atoms with E-state index >= 15 is 0 Å². The van der Waals surface area contributed by atoms with Crippen LogP contribution in [-0.4, -0.2) is 8.42 Å². The number of halogens is 6. The van der Waals surface area contributed by atoms with E-state index in [0.29, 0.717) is 29.1 Å². The Bertz CT molecular complexity index is 1360. The molecule has 35 heavy (non-hydrogen) atoms. The summed E-state index contributed by atoms with van der Waals surface area (Å²) in [6.07, 6.45) is -3.60. The third kappa shape index (κ3) is 8.95. The van der Waals surface area contributed by atoms with E-state index in [1.54, 1.807) is 25.1 Å². The predicted octanol–water partition coefficient (Wildman–Crippen LogP) is 8.18. The van der Waals surface area contributed by atoms with E-state index in [1.807, 2.05) is 42.5 Å². The zero-order valence-electron chi connectivity index (χ0n) is 18.3. The lowest BCUT2D eigenvalue weighted by Crippen LogP contribution is -2.01. The number of hydrogen-bond donors (Lipinski definition) is 1. The van der Waals surface area contributed by atoms with Crippen molar-refractivity contribution in [1.29, 1.82) is 0 Å². The van der Waals surface area contributed by atoms with E-state index in [2.05, 4.69) is 36.3 Å². The van der Waals surface area contributed by atoms with Crippen LogP contribution in [0.2, 0.25) is 0 Å². The second-order valence-electron chi connectivity index (χ2n) is 7.13. The normalized spacial score (nSPS) is 11.3. The molecule has 4 nitrogen and oxygen atoms in total. The van der Waals surface area contributed by atoms with Crippen LogP contribution in [0.4, 0.5) is 13.2 Å². The molecular formula is C24H21Br2ClF3NO3S. The highest BCUT2D eigenvalue weighted by Crippen LogP contribution is 2.31. The van der Waals surface area contributed by atoms with Crippen molar-refractivity contribution in [3.05, 3.63) is 99.9 Å². The Labute approximate surface area is 222 Å². The van der Waals surface area contributed by atoms with Gasteiger partial charge in [0.15, 0.2) is 0 Å². The van der Waals surface area contributed by atoms with Crippen LogP contribution in [0, 0.1) is 6.92 Å². The molecule has 4 rings (SSSR count). The Morgan fingerprint density at radius 2 is 1.66 bits per heavy atom. The summed E-state index contributed by atoms with van der Waals surface area (Å²) in [6.45, 7) is 2.36. The van der Waals surface area contributed by atoms with Crippen molar-refractivity contribution < 1.29 is 26.0 Å². The quantitative estimate of drug-likeness (QED) is 0.179. The van der Waals surface area contributed by atoms with Crippen molar-refractivity contribution in [1.82, 2.24) is 0 Å². The molecule has 0 amide bonds. The van der Waals surface area contributed by atoms with Crippen LogP contribution >= 0.6 is 42.5 Å². The summed E-state index contributed by atoms with van der Waals surface area (Å²) < 4.78 is 64.1. The Morgan fingerprint density at radius 1 is 1.03 bits per heavy atom. The molecule has 0 aliphatic heterocycles. The summed E-state index contributed by atoms with van der Waals surface area (Å²) in [6, 6.07) is 19.9. The average molecular weight is 656 g/mol. The molecule has 0 unspecified atom stereocenters. The predicted molar refractivity (Wildman–Crippen MR) is 140 cm³/mol. The maximum Gasteiger partial charge on any atom is 0.419 e. The highest BCUT2D eigenvalue weighted by Gasteiger charge is 2.32. The number of rotatable bonds is 3. The molecule has 2 N–H and O–H groups in total. The molecule has 188 valence electrons. The van der Waals surface area contributed by atoms with Gasteiger partial charge in [0.05, 0.1) is 15.8 Å². The highest BCUT2D eigenvalue weighted by atomic mass is 79.9. The number of aryl methyl sites for hydroxylation is 1. The second kappa shape index (κ2) is 12.9. The third-order valence-corrected chi connectivity index (χ3v) is 7.16. The number of furan rings is 1. The van der Waals surface area contributed by atoms with Gasteiger partial charge in [0.2, 0.25) is 0 Å². The minimum Gasteiger partial charge on any atom is -0.468 e. The smallest absolute Gasteiger partial charge is 0.419 e. The topological polar surface area (TPSA) is 73.3 Å². The van der Waals surface area contributed by atoms with Gasteiger partial charge < -0.3 is 10.2 Å². The number of benzene rings is 3. The van der Waals surface area contributed by atoms with Crippen molar-refractivity contribution in [2.24, 2.45) is 5.73 Å². The fourth-order valence-electron chi connectivity index (χ4n) is 2.90. The fraction of sp³-hybridized carbons (Fsp3) is 0.167. The fourth-order valence-corrected chi connectivity index (χ4v) is 4.97. The van der Waals surface area contributed by atoms with Crippen LogP contribution in [0.15, 0.2) is 86.8 Å². The second-order valence-corrected chi connectivity index (χ2v) is 11.1. The van der Waals surface area contributed by atoms with Crippen molar-refractivity contribution in [2.75, 3.05) is 0 Å². The maximum atomic E-state index is 11.9. The van der Waals surface area contributed by atoms with Crippen molar-refractivity contribution in [2.45, 2.75) is 29.9 Å². The Balaban J connectivity index is 0.000000193. The summed E-state index contributed by atoms with van der Waals surface area (Å²) in [5.41, 5.74) is 6.48. The van der Waals surface area contributed by atoms with Gasteiger partial charge in [-0.2, -0.15) is 13.2 Å². The monoisotopic (exact) mass is 653 g/mol. The zero-order valence-corrected chi connectivity index (χ0v) is 23.1. The zero-order chi connectivity index (χ0) is 26.2. The Hall–Kier alpha value is -1.85. The molecule has 0 saturated carbocycles. The lowest BCUT2D eigenvalue weighted by molar-refractivity contribution is -0.137. The van der Waals surface area contributed by atoms with Crippen LogP contribution in [0.1, 0.15) is 22.5 Å². The molecule has 11 heteroatoms.